The molecule has 2 nitrogen and oxygen atoms in total. The van der Waals surface area contributed by atoms with Gasteiger partial charge < -0.3 is 4.74 Å². The molecule has 0 spiro atoms. The monoisotopic (exact) mass is 202 g/mol. The zero-order valence-electron chi connectivity index (χ0n) is 9.04. The third kappa shape index (κ3) is 3.47. The van der Waals surface area contributed by atoms with Gasteiger partial charge >= 0.3 is 0 Å². The van der Waals surface area contributed by atoms with Crippen LogP contribution in [0.4, 0.5) is 0 Å². The Morgan fingerprint density at radius 1 is 1.33 bits per heavy atom. The van der Waals surface area contributed by atoms with Gasteiger partial charge in [-0.2, -0.15) is 0 Å². The number of carbonyl (C=O) groups is 1. The van der Waals surface area contributed by atoms with Crippen LogP contribution in [0.5, 0.6) is 5.75 Å². The number of hydrogen-bond acceptors (Lipinski definition) is 2. The minimum absolute atomic E-state index is 0.148. The molecule has 0 heterocycles. The van der Waals surface area contributed by atoms with Crippen molar-refractivity contribution in [2.24, 2.45) is 0 Å². The van der Waals surface area contributed by atoms with Gasteiger partial charge in [0.05, 0.1) is 0 Å². The van der Waals surface area contributed by atoms with E-state index in [2.05, 4.69) is 11.8 Å². The van der Waals surface area contributed by atoms with Crippen molar-refractivity contribution in [3.8, 4) is 17.6 Å². The highest BCUT2D eigenvalue weighted by Crippen LogP contribution is 2.13. The lowest BCUT2D eigenvalue weighted by Gasteiger charge is -2.02. The number of benzene rings is 1. The van der Waals surface area contributed by atoms with Gasteiger partial charge in [-0.15, -0.1) is 5.92 Å². The predicted octanol–water partition coefficient (Wildman–Crippen LogP) is 2.68. The average Bonchev–Trinajstić information content (AvgIpc) is 2.29. The maximum absolute atomic E-state index is 11.3. The molecule has 0 fully saturated rings. The number of ether oxygens (including phenoxy) is 1. The van der Waals surface area contributed by atoms with Crippen LogP contribution in [0.25, 0.3) is 0 Å². The summed E-state index contributed by atoms with van der Waals surface area (Å²) in [6, 6.07) is 7.14. The summed E-state index contributed by atoms with van der Waals surface area (Å²) in [4.78, 5) is 11.3. The van der Waals surface area contributed by atoms with Gasteiger partial charge in [-0.05, 0) is 31.2 Å². The Hall–Kier alpha value is -1.75. The van der Waals surface area contributed by atoms with Gasteiger partial charge in [-0.1, -0.05) is 12.8 Å². The Labute approximate surface area is 90.3 Å². The Kier molecular flexibility index (Phi) is 4.43. The van der Waals surface area contributed by atoms with E-state index in [9.17, 15) is 4.79 Å². The molecule has 15 heavy (non-hydrogen) atoms. The Balaban J connectivity index is 2.62. The summed E-state index contributed by atoms with van der Waals surface area (Å²) >= 11 is 0. The van der Waals surface area contributed by atoms with Crippen molar-refractivity contribution >= 4 is 5.78 Å². The van der Waals surface area contributed by atoms with E-state index in [1.54, 1.807) is 31.2 Å². The van der Waals surface area contributed by atoms with Crippen LogP contribution in [0.1, 0.15) is 30.6 Å². The van der Waals surface area contributed by atoms with Crippen molar-refractivity contribution < 1.29 is 9.53 Å². The molecule has 0 bridgehead atoms. The van der Waals surface area contributed by atoms with Crippen LogP contribution < -0.4 is 4.74 Å². The quantitative estimate of drug-likeness (QED) is 0.554. The predicted molar refractivity (Wildman–Crippen MR) is 60.0 cm³/mol. The van der Waals surface area contributed by atoms with Gasteiger partial charge in [0.25, 0.3) is 0 Å². The summed E-state index contributed by atoms with van der Waals surface area (Å²) < 4.78 is 5.33. The van der Waals surface area contributed by atoms with Crippen molar-refractivity contribution in [1.82, 2.24) is 0 Å². The molecule has 0 N–H and O–H groups in total. The van der Waals surface area contributed by atoms with Crippen molar-refractivity contribution in [2.45, 2.75) is 20.3 Å². The minimum Gasteiger partial charge on any atom is -0.481 e. The van der Waals surface area contributed by atoms with Gasteiger partial charge in [-0.25, -0.2) is 0 Å². The van der Waals surface area contributed by atoms with Gasteiger partial charge in [0.1, 0.15) is 12.4 Å². The van der Waals surface area contributed by atoms with Gasteiger partial charge in [-0.3, -0.25) is 4.79 Å². The lowest BCUT2D eigenvalue weighted by Crippen LogP contribution is -1.97. The van der Waals surface area contributed by atoms with E-state index in [-0.39, 0.29) is 5.78 Å². The maximum Gasteiger partial charge on any atom is 0.162 e. The number of carbonyl (C=O) groups excluding carboxylic acids is 1. The molecule has 1 aromatic carbocycles. The van der Waals surface area contributed by atoms with Crippen LogP contribution >= 0.6 is 0 Å². The fourth-order valence-corrected chi connectivity index (χ4v) is 1.13. The summed E-state index contributed by atoms with van der Waals surface area (Å²) in [7, 11) is 0. The molecule has 0 saturated heterocycles. The zero-order chi connectivity index (χ0) is 11.1. The SMILES string of the molecule is CC#CCOc1ccc(C(=O)CC)cc1. The van der Waals surface area contributed by atoms with Gasteiger partial charge in [0, 0.05) is 12.0 Å². The third-order valence-corrected chi connectivity index (χ3v) is 1.99. The second kappa shape index (κ2) is 5.87. The van der Waals surface area contributed by atoms with Crippen LogP contribution in [0.15, 0.2) is 24.3 Å². The average molecular weight is 202 g/mol. The van der Waals surface area contributed by atoms with E-state index in [0.717, 1.165) is 11.3 Å². The smallest absolute Gasteiger partial charge is 0.162 e. The Morgan fingerprint density at radius 3 is 2.53 bits per heavy atom. The molecule has 0 radical (unpaired) electrons. The summed E-state index contributed by atoms with van der Waals surface area (Å²) in [6.45, 7) is 4.01. The molecule has 1 aromatic rings. The van der Waals surface area contributed by atoms with Gasteiger partial charge in [0.2, 0.25) is 0 Å². The Bertz CT molecular complexity index is 379. The van der Waals surface area contributed by atoms with Gasteiger partial charge in [0.15, 0.2) is 5.78 Å². The highest BCUT2D eigenvalue weighted by atomic mass is 16.5. The number of rotatable bonds is 4. The van der Waals surface area contributed by atoms with E-state index in [4.69, 9.17) is 4.74 Å². The molecule has 0 aliphatic heterocycles. The summed E-state index contributed by atoms with van der Waals surface area (Å²) in [5.74, 6) is 6.44. The van der Waals surface area contributed by atoms with E-state index in [0.29, 0.717) is 13.0 Å². The normalized spacial score (nSPS) is 8.93. The van der Waals surface area contributed by atoms with Crippen molar-refractivity contribution in [2.75, 3.05) is 6.61 Å². The highest BCUT2D eigenvalue weighted by molar-refractivity contribution is 5.95. The first kappa shape index (κ1) is 11.3. The minimum atomic E-state index is 0.148. The number of ketones is 1. The molecule has 0 atom stereocenters. The molecular weight excluding hydrogens is 188 g/mol. The first-order valence-corrected chi connectivity index (χ1v) is 4.93. The van der Waals surface area contributed by atoms with Crippen molar-refractivity contribution in [3.05, 3.63) is 29.8 Å². The topological polar surface area (TPSA) is 26.3 Å². The third-order valence-electron chi connectivity index (χ3n) is 1.99. The van der Waals surface area contributed by atoms with E-state index < -0.39 is 0 Å². The first-order valence-electron chi connectivity index (χ1n) is 4.93. The molecule has 0 aromatic heterocycles. The van der Waals surface area contributed by atoms with Crippen LogP contribution in [0.3, 0.4) is 0 Å². The molecule has 1 rings (SSSR count). The largest absolute Gasteiger partial charge is 0.481 e. The zero-order valence-corrected chi connectivity index (χ0v) is 9.04. The highest BCUT2D eigenvalue weighted by Gasteiger charge is 2.01. The van der Waals surface area contributed by atoms with E-state index in [1.807, 2.05) is 6.92 Å². The van der Waals surface area contributed by atoms with E-state index in [1.165, 1.54) is 0 Å². The fourth-order valence-electron chi connectivity index (χ4n) is 1.13. The summed E-state index contributed by atoms with van der Waals surface area (Å²) in [6.07, 6.45) is 0.529. The lowest BCUT2D eigenvalue weighted by molar-refractivity contribution is 0.0988. The molecule has 0 unspecified atom stereocenters. The summed E-state index contributed by atoms with van der Waals surface area (Å²) in [5, 5.41) is 0. The molecule has 0 aliphatic rings. The lowest BCUT2D eigenvalue weighted by atomic mass is 10.1. The van der Waals surface area contributed by atoms with Crippen LogP contribution in [-0.4, -0.2) is 12.4 Å². The molecule has 0 aliphatic carbocycles. The molecule has 78 valence electrons. The molecule has 2 heteroatoms. The van der Waals surface area contributed by atoms with Crippen LogP contribution in [0, 0.1) is 11.8 Å². The molecule has 0 saturated carbocycles. The first-order chi connectivity index (χ1) is 7.27. The fraction of sp³-hybridized carbons (Fsp3) is 0.308. The molecule has 0 amide bonds. The molecular formula is C13H14O2. The standard InChI is InChI=1S/C13H14O2/c1-3-5-10-15-12-8-6-11(7-9-12)13(14)4-2/h6-9H,4,10H2,1-2H3. The van der Waals surface area contributed by atoms with Crippen LogP contribution in [0.2, 0.25) is 0 Å². The number of hydrogen-bond donors (Lipinski definition) is 0. The number of Topliss-reactive ketones (excluding diaryl/α,β-unsaturated/α-hetero) is 1. The second-order valence-corrected chi connectivity index (χ2v) is 3.02. The van der Waals surface area contributed by atoms with Crippen molar-refractivity contribution in [3.63, 3.8) is 0 Å². The second-order valence-electron chi connectivity index (χ2n) is 3.02. The summed E-state index contributed by atoms with van der Waals surface area (Å²) in [5.41, 5.74) is 0.728. The van der Waals surface area contributed by atoms with Crippen LogP contribution in [-0.2, 0) is 0 Å². The maximum atomic E-state index is 11.3. The Morgan fingerprint density at radius 2 is 2.00 bits per heavy atom. The van der Waals surface area contributed by atoms with E-state index >= 15 is 0 Å². The van der Waals surface area contributed by atoms with Crippen molar-refractivity contribution in [1.29, 1.82) is 0 Å².